The monoisotopic (exact) mass is 802 g/mol. The van der Waals surface area contributed by atoms with Crippen LogP contribution in [0, 0.1) is 29.1 Å². The van der Waals surface area contributed by atoms with Crippen molar-refractivity contribution >= 4 is 17.8 Å². The molecule has 10 atom stereocenters. The van der Waals surface area contributed by atoms with Crippen molar-refractivity contribution in [3.63, 3.8) is 0 Å². The smallest absolute Gasteiger partial charge is 0.160 e. The fraction of sp³-hybridized carbons (Fsp3) is 0.439. The molecular weight excluding hydrogens is 741 g/mol. The lowest BCUT2D eigenvalue weighted by molar-refractivity contribution is 0.229. The van der Waals surface area contributed by atoms with E-state index >= 15 is 0 Å². The van der Waals surface area contributed by atoms with Crippen LogP contribution in [-0.2, 0) is 12.8 Å². The van der Waals surface area contributed by atoms with Crippen LogP contribution in [0.2, 0.25) is 0 Å². The van der Waals surface area contributed by atoms with Gasteiger partial charge in [-0.2, -0.15) is 0 Å². The lowest BCUT2D eigenvalue weighted by Gasteiger charge is -2.45. The van der Waals surface area contributed by atoms with E-state index in [1.165, 1.54) is 71.6 Å². The first-order valence-electron chi connectivity index (χ1n) is 24.2. The lowest BCUT2D eigenvalue weighted by Crippen LogP contribution is -2.54. The summed E-state index contributed by atoms with van der Waals surface area (Å²) in [5.74, 6) is 3.24. The molecule has 0 bridgehead atoms. The summed E-state index contributed by atoms with van der Waals surface area (Å²) in [4.78, 5) is 2.89. The van der Waals surface area contributed by atoms with Gasteiger partial charge < -0.3 is 14.8 Å². The van der Waals surface area contributed by atoms with Crippen molar-refractivity contribution < 1.29 is 0 Å². The van der Waals surface area contributed by atoms with Gasteiger partial charge in [-0.05, 0) is 146 Å². The molecule has 11 aliphatic rings. The first kappa shape index (κ1) is 36.8. The summed E-state index contributed by atoms with van der Waals surface area (Å²) in [6.07, 6.45) is 55.4. The maximum absolute atomic E-state index is 4.34. The highest BCUT2D eigenvalue weighted by atomic mass is 15.4. The average Bonchev–Trinajstić information content (AvgIpc) is 3.90. The molecule has 1 saturated heterocycles. The van der Waals surface area contributed by atoms with Crippen LogP contribution in [0.5, 0.6) is 0 Å². The topological polar surface area (TPSA) is 32.2 Å². The quantitative estimate of drug-likeness (QED) is 0.302. The summed E-state index contributed by atoms with van der Waals surface area (Å²) in [6, 6.07) is 9.12. The Morgan fingerprint density at radius 3 is 2.56 bits per heavy atom. The zero-order valence-corrected chi connectivity index (χ0v) is 36.2. The Kier molecular flexibility index (Phi) is 8.52. The van der Waals surface area contributed by atoms with Crippen LogP contribution in [0.3, 0.4) is 0 Å². The number of rotatable bonds is 4. The van der Waals surface area contributed by atoms with E-state index < -0.39 is 0 Å². The summed E-state index contributed by atoms with van der Waals surface area (Å²) in [5.41, 5.74) is 18.7. The molecule has 61 heavy (non-hydrogen) atoms. The van der Waals surface area contributed by atoms with Crippen LogP contribution in [0.15, 0.2) is 137 Å². The Morgan fingerprint density at radius 2 is 1.59 bits per heavy atom. The third kappa shape index (κ3) is 5.59. The second-order valence-electron chi connectivity index (χ2n) is 20.8. The van der Waals surface area contributed by atoms with Crippen molar-refractivity contribution in [1.82, 2.24) is 15.2 Å². The molecule has 4 nitrogen and oxygen atoms in total. The first-order valence-corrected chi connectivity index (χ1v) is 24.2. The second kappa shape index (κ2) is 14.1. The van der Waals surface area contributed by atoms with E-state index in [0.717, 1.165) is 44.9 Å². The first-order chi connectivity index (χ1) is 30.0. The molecule has 1 aromatic heterocycles. The number of anilines is 1. The largest absolute Gasteiger partial charge is 0.363 e. The van der Waals surface area contributed by atoms with E-state index in [0.29, 0.717) is 53.6 Å². The number of hydrogen-bond acceptors (Lipinski definition) is 3. The highest BCUT2D eigenvalue weighted by Gasteiger charge is 2.50. The fourth-order valence-electron chi connectivity index (χ4n) is 14.7. The molecule has 9 aliphatic carbocycles. The van der Waals surface area contributed by atoms with Gasteiger partial charge in [0.25, 0.3) is 0 Å². The zero-order valence-electron chi connectivity index (χ0n) is 36.2. The van der Waals surface area contributed by atoms with Crippen LogP contribution in [0.1, 0.15) is 130 Å². The Bertz CT molecular complexity index is 2550. The molecule has 1 aromatic carbocycles. The van der Waals surface area contributed by atoms with E-state index in [1.54, 1.807) is 27.8 Å². The summed E-state index contributed by atoms with van der Waals surface area (Å²) in [7, 11) is 0. The number of fused-ring (bicyclic) bond motifs is 10. The van der Waals surface area contributed by atoms with E-state index in [4.69, 9.17) is 0 Å². The van der Waals surface area contributed by atoms with Gasteiger partial charge in [0.15, 0.2) is 6.29 Å². The van der Waals surface area contributed by atoms with Gasteiger partial charge in [-0.3, -0.25) is 5.32 Å². The molecule has 3 heterocycles. The van der Waals surface area contributed by atoms with Crippen LogP contribution >= 0.6 is 0 Å². The molecule has 0 radical (unpaired) electrons. The Labute approximate surface area is 363 Å². The standard InChI is InChI=1S/C57H62N4/c1-57(2)47-21-9-5-17-40(47)41-29-26-38(34-48(41)57)55-44-20-6-10-22-49(44)58-56(59-55)61-52-24-12-8-19-43(52)46-33-37(28-31-54(46)61)36-27-30-53-45(32-36)42-18-7-11-23-51(42)60(53)50-25-13-15-35-14-3-4-16-39(35)50/h3-5,7,9,11-12,14-17,20-22,24,27-28,30-32,37-40,42,47,50-51,55-56,58-59H,6,8,10,13,18-19,23,25-26,29,33-34H2,1-2H3. The summed E-state index contributed by atoms with van der Waals surface area (Å²) in [5, 5.41) is 8.45. The predicted octanol–water partition coefficient (Wildman–Crippen LogP) is 12.4. The van der Waals surface area contributed by atoms with Gasteiger partial charge in [0.05, 0.1) is 0 Å². The maximum Gasteiger partial charge on any atom is 0.160 e. The lowest BCUT2D eigenvalue weighted by atomic mass is 9.69. The van der Waals surface area contributed by atoms with Crippen molar-refractivity contribution in [3.05, 3.63) is 171 Å². The van der Waals surface area contributed by atoms with Gasteiger partial charge in [0, 0.05) is 64.6 Å². The van der Waals surface area contributed by atoms with Crippen LogP contribution in [0.25, 0.3) is 12.2 Å². The third-order valence-corrected chi connectivity index (χ3v) is 17.6. The Morgan fingerprint density at radius 1 is 0.721 bits per heavy atom. The number of nitrogens with one attached hydrogen (secondary N) is 2. The van der Waals surface area contributed by atoms with Crippen molar-refractivity contribution in [2.45, 2.75) is 127 Å². The minimum absolute atomic E-state index is 0.0141. The third-order valence-electron chi connectivity index (χ3n) is 17.6. The molecule has 2 N–H and O–H groups in total. The van der Waals surface area contributed by atoms with Crippen molar-refractivity contribution in [1.29, 1.82) is 0 Å². The highest BCUT2D eigenvalue weighted by molar-refractivity contribution is 5.70. The van der Waals surface area contributed by atoms with Crippen LogP contribution < -0.4 is 15.5 Å². The number of aromatic nitrogens is 1. The Balaban J connectivity index is 0.821. The van der Waals surface area contributed by atoms with E-state index in [1.807, 2.05) is 0 Å². The van der Waals surface area contributed by atoms with E-state index in [2.05, 4.69) is 155 Å². The molecule has 4 heteroatoms. The molecule has 2 aromatic rings. The van der Waals surface area contributed by atoms with Gasteiger partial charge in [0.2, 0.25) is 0 Å². The van der Waals surface area contributed by atoms with E-state index in [-0.39, 0.29) is 11.7 Å². The summed E-state index contributed by atoms with van der Waals surface area (Å²) in [6.45, 7) is 5.07. The fourth-order valence-corrected chi connectivity index (χ4v) is 14.7. The van der Waals surface area contributed by atoms with Crippen LogP contribution in [0.4, 0.5) is 5.69 Å². The number of hydrogen-bond donors (Lipinski definition) is 2. The number of benzene rings is 1. The average molecular weight is 803 g/mol. The molecule has 310 valence electrons. The summed E-state index contributed by atoms with van der Waals surface area (Å²) >= 11 is 0. The molecule has 13 rings (SSSR count). The van der Waals surface area contributed by atoms with Crippen molar-refractivity contribution in [3.8, 4) is 0 Å². The second-order valence-corrected chi connectivity index (χ2v) is 20.8. The summed E-state index contributed by atoms with van der Waals surface area (Å²) < 4.78 is 2.67. The predicted molar refractivity (Wildman–Crippen MR) is 252 cm³/mol. The normalized spacial score (nSPS) is 35.5. The van der Waals surface area contributed by atoms with Gasteiger partial charge in [-0.15, -0.1) is 0 Å². The molecule has 0 saturated carbocycles. The molecule has 2 aliphatic heterocycles. The molecule has 1 fully saturated rings. The maximum atomic E-state index is 4.34. The Hall–Kier alpha value is -4.80. The van der Waals surface area contributed by atoms with Gasteiger partial charge in [-0.1, -0.05) is 128 Å². The van der Waals surface area contributed by atoms with Crippen molar-refractivity contribution in [2.24, 2.45) is 29.1 Å². The minimum Gasteiger partial charge on any atom is -0.363 e. The number of allylic oxidation sites excluding steroid dienone is 15. The van der Waals surface area contributed by atoms with E-state index in [9.17, 15) is 0 Å². The van der Waals surface area contributed by atoms with Crippen molar-refractivity contribution in [2.75, 3.05) is 4.90 Å². The SMILES string of the molecule is CC1(C)C2=C(CCC(C3NC(n4c5c(c6c4C=CC(c4ccc7c(c4)C4CC=CCC4N7C4CCC=C7C=CC=CC74)C6)CCC=C5)NC4=CCCC=C43)C2)C2C=CC=CC21. The number of nitrogens with zero attached hydrogens (tertiary/aromatic N) is 2. The van der Waals surface area contributed by atoms with Crippen LogP contribution in [-0.4, -0.2) is 22.7 Å². The minimum atomic E-state index is 0.0141. The van der Waals surface area contributed by atoms with Gasteiger partial charge in [-0.25, -0.2) is 0 Å². The van der Waals surface area contributed by atoms with Gasteiger partial charge >= 0.3 is 0 Å². The molecule has 0 spiro atoms. The van der Waals surface area contributed by atoms with Gasteiger partial charge in [0.1, 0.15) is 0 Å². The highest BCUT2D eigenvalue weighted by Crippen LogP contribution is 2.59. The molecule has 0 amide bonds. The molecular formula is C57H62N4. The zero-order chi connectivity index (χ0) is 40.4. The molecule has 10 unspecified atom stereocenters.